The highest BCUT2D eigenvalue weighted by Crippen LogP contribution is 2.41. The molecule has 0 N–H and O–H groups in total. The Hall–Kier alpha value is -0.0900. The summed E-state index contributed by atoms with van der Waals surface area (Å²) >= 11 is 2.81. The van der Waals surface area contributed by atoms with E-state index in [2.05, 4.69) is 36.7 Å². The van der Waals surface area contributed by atoms with E-state index >= 15 is 0 Å². The molecule has 0 aliphatic rings. The second-order valence-corrected chi connectivity index (χ2v) is 7.03. The number of halogens is 3. The minimum atomic E-state index is -2.89. The fourth-order valence-electron chi connectivity index (χ4n) is 1.16. The van der Waals surface area contributed by atoms with E-state index in [-0.39, 0.29) is 5.41 Å². The average molecular weight is 295 g/mol. The van der Waals surface area contributed by atoms with Gasteiger partial charge >= 0.3 is 4.16 Å². The van der Waals surface area contributed by atoms with Gasteiger partial charge in [-0.15, -0.1) is 0 Å². The maximum atomic E-state index is 12.6. The van der Waals surface area contributed by atoms with Crippen molar-refractivity contribution in [2.45, 2.75) is 35.2 Å². The molecule has 0 radical (unpaired) electrons. The van der Waals surface area contributed by atoms with Crippen molar-refractivity contribution in [2.24, 2.45) is 0 Å². The predicted molar refractivity (Wildman–Crippen MR) is 64.9 cm³/mol. The van der Waals surface area contributed by atoms with Crippen LogP contribution < -0.4 is 0 Å². The minimum Gasteiger partial charge on any atom is -0.182 e. The molecule has 15 heavy (non-hydrogen) atoms. The van der Waals surface area contributed by atoms with E-state index in [1.165, 1.54) is 0 Å². The standard InChI is InChI=1S/C11H13BrF2S/c1-10(2,3)8-4-6-9(7-5-8)15-11(12,13)14/h4-7H,1-3H3. The van der Waals surface area contributed by atoms with Crippen molar-refractivity contribution in [3.05, 3.63) is 29.8 Å². The molecule has 0 saturated heterocycles. The van der Waals surface area contributed by atoms with Gasteiger partial charge in [0, 0.05) is 20.8 Å². The zero-order valence-electron chi connectivity index (χ0n) is 8.85. The van der Waals surface area contributed by atoms with Crippen molar-refractivity contribution in [1.29, 1.82) is 0 Å². The molecule has 0 nitrogen and oxygen atoms in total. The van der Waals surface area contributed by atoms with Crippen LogP contribution in [0.5, 0.6) is 0 Å². The van der Waals surface area contributed by atoms with Crippen molar-refractivity contribution in [2.75, 3.05) is 0 Å². The number of alkyl halides is 3. The van der Waals surface area contributed by atoms with Crippen LogP contribution in [0.2, 0.25) is 0 Å². The first kappa shape index (κ1) is 13.0. The van der Waals surface area contributed by atoms with Crippen LogP contribution >= 0.6 is 27.7 Å². The van der Waals surface area contributed by atoms with Crippen LogP contribution in [0.25, 0.3) is 0 Å². The number of hydrogen-bond acceptors (Lipinski definition) is 1. The van der Waals surface area contributed by atoms with E-state index in [0.717, 1.165) is 5.56 Å². The number of benzene rings is 1. The Kier molecular flexibility index (Phi) is 3.82. The number of thioether (sulfide) groups is 1. The number of hydrogen-bond donors (Lipinski definition) is 0. The van der Waals surface area contributed by atoms with Crippen molar-refractivity contribution in [1.82, 2.24) is 0 Å². The third kappa shape index (κ3) is 4.51. The first-order chi connectivity index (χ1) is 6.68. The zero-order chi connectivity index (χ0) is 11.7. The van der Waals surface area contributed by atoms with Crippen molar-refractivity contribution in [3.8, 4) is 0 Å². The predicted octanol–water partition coefficient (Wildman–Crippen LogP) is 5.02. The van der Waals surface area contributed by atoms with Crippen molar-refractivity contribution in [3.63, 3.8) is 0 Å². The summed E-state index contributed by atoms with van der Waals surface area (Å²) in [5, 5.41) is 0. The third-order valence-corrected chi connectivity index (χ3v) is 3.18. The molecule has 0 amide bonds. The molecule has 0 saturated carbocycles. The Balaban J connectivity index is 2.82. The van der Waals surface area contributed by atoms with Crippen LogP contribution in [0.3, 0.4) is 0 Å². The van der Waals surface area contributed by atoms with Crippen LogP contribution in [0.15, 0.2) is 29.2 Å². The van der Waals surface area contributed by atoms with Gasteiger partial charge in [0.1, 0.15) is 0 Å². The van der Waals surface area contributed by atoms with E-state index < -0.39 is 4.16 Å². The molecular weight excluding hydrogens is 282 g/mol. The minimum absolute atomic E-state index is 0.0557. The molecule has 0 unspecified atom stereocenters. The highest BCUT2D eigenvalue weighted by Gasteiger charge is 2.25. The van der Waals surface area contributed by atoms with Gasteiger partial charge in [-0.1, -0.05) is 32.9 Å². The second kappa shape index (κ2) is 4.42. The lowest BCUT2D eigenvalue weighted by atomic mass is 9.87. The Morgan fingerprint density at radius 1 is 1.07 bits per heavy atom. The Morgan fingerprint density at radius 2 is 1.53 bits per heavy atom. The van der Waals surface area contributed by atoms with Crippen LogP contribution in [0.4, 0.5) is 8.78 Å². The van der Waals surface area contributed by atoms with Crippen molar-refractivity contribution >= 4 is 27.7 Å². The number of rotatable bonds is 2. The summed E-state index contributed by atoms with van der Waals surface area (Å²) in [7, 11) is 0. The molecule has 0 aliphatic heterocycles. The maximum absolute atomic E-state index is 12.6. The lowest BCUT2D eigenvalue weighted by Gasteiger charge is -2.19. The van der Waals surface area contributed by atoms with E-state index in [9.17, 15) is 8.78 Å². The third-order valence-electron chi connectivity index (χ3n) is 1.95. The maximum Gasteiger partial charge on any atom is 0.353 e. The van der Waals surface area contributed by atoms with Gasteiger partial charge in [0.2, 0.25) is 0 Å². The van der Waals surface area contributed by atoms with Crippen LogP contribution in [-0.4, -0.2) is 4.16 Å². The molecule has 0 aromatic heterocycles. The van der Waals surface area contributed by atoms with Crippen LogP contribution in [-0.2, 0) is 5.41 Å². The smallest absolute Gasteiger partial charge is 0.182 e. The molecule has 0 aliphatic carbocycles. The van der Waals surface area contributed by atoms with E-state index in [1.54, 1.807) is 12.1 Å². The fourth-order valence-corrected chi connectivity index (χ4v) is 2.26. The Morgan fingerprint density at radius 3 is 1.87 bits per heavy atom. The molecule has 84 valence electrons. The van der Waals surface area contributed by atoms with Gasteiger partial charge in [0.05, 0.1) is 0 Å². The summed E-state index contributed by atoms with van der Waals surface area (Å²) in [5.41, 5.74) is 1.20. The first-order valence-electron chi connectivity index (χ1n) is 4.55. The largest absolute Gasteiger partial charge is 0.353 e. The fraction of sp³-hybridized carbons (Fsp3) is 0.455. The van der Waals surface area contributed by atoms with Gasteiger partial charge in [-0.2, -0.15) is 8.78 Å². The zero-order valence-corrected chi connectivity index (χ0v) is 11.3. The highest BCUT2D eigenvalue weighted by atomic mass is 79.9. The van der Waals surface area contributed by atoms with Gasteiger partial charge < -0.3 is 0 Å². The van der Waals surface area contributed by atoms with E-state index in [4.69, 9.17) is 0 Å². The van der Waals surface area contributed by atoms with Gasteiger partial charge in [-0.3, -0.25) is 0 Å². The SMILES string of the molecule is CC(C)(C)c1ccc(SC(F)(F)Br)cc1. The molecule has 1 aromatic carbocycles. The molecule has 0 bridgehead atoms. The summed E-state index contributed by atoms with van der Waals surface area (Å²) in [5.74, 6) is 0. The molecule has 0 spiro atoms. The normalized spacial score (nSPS) is 12.9. The summed E-state index contributed by atoms with van der Waals surface area (Å²) in [6, 6.07) is 7.23. The Bertz CT molecular complexity index is 322. The monoisotopic (exact) mass is 294 g/mol. The van der Waals surface area contributed by atoms with Crippen LogP contribution in [0, 0.1) is 0 Å². The van der Waals surface area contributed by atoms with Gasteiger partial charge in [-0.05, 0) is 34.9 Å². The quantitative estimate of drug-likeness (QED) is 0.545. The molecule has 1 aromatic rings. The molecule has 4 heteroatoms. The molecule has 0 atom stereocenters. The molecule has 0 fully saturated rings. The summed E-state index contributed by atoms with van der Waals surface area (Å²) in [4.78, 5) is 0.560. The van der Waals surface area contributed by atoms with E-state index in [1.807, 2.05) is 12.1 Å². The van der Waals surface area contributed by atoms with E-state index in [0.29, 0.717) is 16.7 Å². The lowest BCUT2D eigenvalue weighted by molar-refractivity contribution is 0.221. The molecule has 1 rings (SSSR count). The Labute approximate surface area is 102 Å². The topological polar surface area (TPSA) is 0 Å². The van der Waals surface area contributed by atoms with Crippen LogP contribution in [0.1, 0.15) is 26.3 Å². The van der Waals surface area contributed by atoms with Gasteiger partial charge in [0.25, 0.3) is 0 Å². The van der Waals surface area contributed by atoms with Crippen molar-refractivity contribution < 1.29 is 8.78 Å². The molecular formula is C11H13BrF2S. The second-order valence-electron chi connectivity index (χ2n) is 4.32. The summed E-state index contributed by atoms with van der Waals surface area (Å²) in [6.45, 7) is 6.27. The van der Waals surface area contributed by atoms with Gasteiger partial charge in [-0.25, -0.2) is 0 Å². The first-order valence-corrected chi connectivity index (χ1v) is 6.16. The molecule has 0 heterocycles. The lowest BCUT2D eigenvalue weighted by Crippen LogP contribution is -2.10. The summed E-state index contributed by atoms with van der Waals surface area (Å²) < 4.78 is 22.4. The average Bonchev–Trinajstić information content (AvgIpc) is 2.00. The highest BCUT2D eigenvalue weighted by molar-refractivity contribution is 9.11. The summed E-state index contributed by atoms with van der Waals surface area (Å²) in [6.07, 6.45) is 0. The van der Waals surface area contributed by atoms with Gasteiger partial charge in [0.15, 0.2) is 0 Å².